The maximum absolute atomic E-state index is 4.25. The van der Waals surface area contributed by atoms with Crippen molar-refractivity contribution in [1.29, 1.82) is 0 Å². The minimum Gasteiger partial charge on any atom is -0.302 e. The Balaban J connectivity index is 2.34. The van der Waals surface area contributed by atoms with Crippen LogP contribution in [0, 0.1) is 5.41 Å². The summed E-state index contributed by atoms with van der Waals surface area (Å²) >= 11 is 4.25. The topological polar surface area (TPSA) is 3.24 Å². The Morgan fingerprint density at radius 3 is 2.73 bits per heavy atom. The number of nitrogens with zero attached hydrogens (tertiary/aromatic N) is 1. The van der Waals surface area contributed by atoms with Crippen LogP contribution in [0.15, 0.2) is 0 Å². The minimum atomic E-state index is 0.543. The summed E-state index contributed by atoms with van der Waals surface area (Å²) < 4.78 is 0. The monoisotopic (exact) mass is 173 g/mol. The maximum Gasteiger partial charge on any atom is 0.00701 e. The Morgan fingerprint density at radius 2 is 2.18 bits per heavy atom. The van der Waals surface area contributed by atoms with Crippen molar-refractivity contribution in [2.24, 2.45) is 5.41 Å². The third-order valence-corrected chi connectivity index (χ3v) is 2.60. The standard InChI is InChI=1S/C9H19NS/c1-9(2)4-3-5-10(8-9)6-7-11/h11H,3-8H2,1-2H3. The maximum atomic E-state index is 4.25. The Bertz CT molecular complexity index is 121. The summed E-state index contributed by atoms with van der Waals surface area (Å²) in [5, 5.41) is 0. The van der Waals surface area contributed by atoms with Crippen LogP contribution >= 0.6 is 12.6 Å². The molecule has 66 valence electrons. The molecule has 1 saturated heterocycles. The van der Waals surface area contributed by atoms with Gasteiger partial charge in [-0.1, -0.05) is 13.8 Å². The van der Waals surface area contributed by atoms with E-state index in [1.54, 1.807) is 0 Å². The second-order valence-corrected chi connectivity index (χ2v) is 4.71. The van der Waals surface area contributed by atoms with Crippen LogP contribution in [0.3, 0.4) is 0 Å². The summed E-state index contributed by atoms with van der Waals surface area (Å²) in [6, 6.07) is 0. The van der Waals surface area contributed by atoms with Gasteiger partial charge in [-0.3, -0.25) is 0 Å². The van der Waals surface area contributed by atoms with Crippen LogP contribution in [0.4, 0.5) is 0 Å². The van der Waals surface area contributed by atoms with E-state index >= 15 is 0 Å². The van der Waals surface area contributed by atoms with Gasteiger partial charge in [0.15, 0.2) is 0 Å². The molecule has 2 heteroatoms. The van der Waals surface area contributed by atoms with E-state index in [0.29, 0.717) is 5.41 Å². The third kappa shape index (κ3) is 3.04. The van der Waals surface area contributed by atoms with Crippen molar-refractivity contribution in [3.63, 3.8) is 0 Å². The number of thiol groups is 1. The third-order valence-electron chi connectivity index (χ3n) is 2.40. The predicted octanol–water partition coefficient (Wildman–Crippen LogP) is 2.04. The summed E-state index contributed by atoms with van der Waals surface area (Å²) in [6.07, 6.45) is 2.75. The summed E-state index contributed by atoms with van der Waals surface area (Å²) in [6.45, 7) is 8.42. The molecule has 1 nitrogen and oxygen atoms in total. The van der Waals surface area contributed by atoms with Crippen molar-refractivity contribution >= 4 is 12.6 Å². The molecule has 0 aromatic rings. The van der Waals surface area contributed by atoms with E-state index in [1.807, 2.05) is 0 Å². The van der Waals surface area contributed by atoms with Gasteiger partial charge >= 0.3 is 0 Å². The molecular formula is C9H19NS. The summed E-state index contributed by atoms with van der Waals surface area (Å²) in [5.41, 5.74) is 0.543. The first-order valence-electron chi connectivity index (χ1n) is 4.47. The molecule has 0 aliphatic carbocycles. The van der Waals surface area contributed by atoms with Gasteiger partial charge in [0.25, 0.3) is 0 Å². The van der Waals surface area contributed by atoms with Crippen molar-refractivity contribution in [3.8, 4) is 0 Å². The van der Waals surface area contributed by atoms with Crippen molar-refractivity contribution in [3.05, 3.63) is 0 Å². The first-order valence-corrected chi connectivity index (χ1v) is 5.10. The molecule has 1 aliphatic heterocycles. The Kier molecular flexibility index (Phi) is 3.26. The Labute approximate surface area is 75.6 Å². The van der Waals surface area contributed by atoms with Gasteiger partial charge < -0.3 is 4.90 Å². The van der Waals surface area contributed by atoms with Gasteiger partial charge in [0.1, 0.15) is 0 Å². The molecule has 0 aromatic heterocycles. The lowest BCUT2D eigenvalue weighted by atomic mass is 9.84. The zero-order valence-corrected chi connectivity index (χ0v) is 8.53. The molecule has 0 spiro atoms. The van der Waals surface area contributed by atoms with Crippen LogP contribution < -0.4 is 0 Å². The normalized spacial score (nSPS) is 25.4. The molecule has 1 heterocycles. The largest absolute Gasteiger partial charge is 0.302 e. The highest BCUT2D eigenvalue weighted by Gasteiger charge is 2.25. The van der Waals surface area contributed by atoms with E-state index in [-0.39, 0.29) is 0 Å². The lowest BCUT2D eigenvalue weighted by molar-refractivity contribution is 0.124. The Hall–Kier alpha value is 0.310. The zero-order valence-electron chi connectivity index (χ0n) is 7.64. The zero-order chi connectivity index (χ0) is 8.32. The molecule has 11 heavy (non-hydrogen) atoms. The molecule has 1 aliphatic rings. The lowest BCUT2D eigenvalue weighted by Gasteiger charge is -2.37. The second-order valence-electron chi connectivity index (χ2n) is 4.27. The average molecular weight is 173 g/mol. The fourth-order valence-electron chi connectivity index (χ4n) is 1.88. The first kappa shape index (κ1) is 9.40. The number of piperidine rings is 1. The predicted molar refractivity (Wildman–Crippen MR) is 53.3 cm³/mol. The summed E-state index contributed by atoms with van der Waals surface area (Å²) in [7, 11) is 0. The molecule has 0 radical (unpaired) electrons. The van der Waals surface area contributed by atoms with Crippen LogP contribution in [0.1, 0.15) is 26.7 Å². The highest BCUT2D eigenvalue weighted by Crippen LogP contribution is 2.27. The fraction of sp³-hybridized carbons (Fsp3) is 1.00. The number of hydrogen-bond acceptors (Lipinski definition) is 2. The minimum absolute atomic E-state index is 0.543. The molecule has 0 N–H and O–H groups in total. The molecular weight excluding hydrogens is 154 g/mol. The quantitative estimate of drug-likeness (QED) is 0.625. The average Bonchev–Trinajstić information content (AvgIpc) is 1.85. The smallest absolute Gasteiger partial charge is 0.00701 e. The first-order chi connectivity index (χ1) is 5.14. The SMILES string of the molecule is CC1(C)CCCN(CCS)C1. The fourth-order valence-corrected chi connectivity index (χ4v) is 2.16. The van der Waals surface area contributed by atoms with E-state index in [9.17, 15) is 0 Å². The molecule has 0 aromatic carbocycles. The summed E-state index contributed by atoms with van der Waals surface area (Å²) in [5.74, 6) is 0.996. The van der Waals surface area contributed by atoms with Crippen molar-refractivity contribution < 1.29 is 0 Å². The van der Waals surface area contributed by atoms with Gasteiger partial charge in [-0.05, 0) is 24.8 Å². The van der Waals surface area contributed by atoms with E-state index in [2.05, 4.69) is 31.4 Å². The molecule has 0 amide bonds. The molecule has 0 unspecified atom stereocenters. The second kappa shape index (κ2) is 3.81. The van der Waals surface area contributed by atoms with Crippen molar-refractivity contribution in [2.75, 3.05) is 25.4 Å². The lowest BCUT2D eigenvalue weighted by Crippen LogP contribution is -2.40. The van der Waals surface area contributed by atoms with Gasteiger partial charge in [0.05, 0.1) is 0 Å². The van der Waals surface area contributed by atoms with Crippen LogP contribution in [0.2, 0.25) is 0 Å². The van der Waals surface area contributed by atoms with Gasteiger partial charge in [-0.25, -0.2) is 0 Å². The van der Waals surface area contributed by atoms with Crippen LogP contribution in [-0.2, 0) is 0 Å². The molecule has 1 rings (SSSR count). The van der Waals surface area contributed by atoms with E-state index < -0.39 is 0 Å². The van der Waals surface area contributed by atoms with Gasteiger partial charge in [-0.15, -0.1) is 0 Å². The van der Waals surface area contributed by atoms with Gasteiger partial charge in [-0.2, -0.15) is 12.6 Å². The highest BCUT2D eigenvalue weighted by atomic mass is 32.1. The van der Waals surface area contributed by atoms with E-state index in [1.165, 1.54) is 25.9 Å². The Morgan fingerprint density at radius 1 is 1.45 bits per heavy atom. The van der Waals surface area contributed by atoms with Crippen LogP contribution in [0.25, 0.3) is 0 Å². The van der Waals surface area contributed by atoms with Gasteiger partial charge in [0, 0.05) is 18.8 Å². The van der Waals surface area contributed by atoms with E-state index in [0.717, 1.165) is 12.3 Å². The van der Waals surface area contributed by atoms with Crippen LogP contribution in [0.5, 0.6) is 0 Å². The van der Waals surface area contributed by atoms with E-state index in [4.69, 9.17) is 0 Å². The summed E-state index contributed by atoms with van der Waals surface area (Å²) in [4.78, 5) is 2.52. The van der Waals surface area contributed by atoms with Crippen molar-refractivity contribution in [2.45, 2.75) is 26.7 Å². The van der Waals surface area contributed by atoms with Gasteiger partial charge in [0.2, 0.25) is 0 Å². The number of rotatable bonds is 2. The number of likely N-dealkylation sites (tertiary alicyclic amines) is 1. The number of hydrogen-bond donors (Lipinski definition) is 1. The molecule has 1 fully saturated rings. The highest BCUT2D eigenvalue weighted by molar-refractivity contribution is 7.80. The van der Waals surface area contributed by atoms with Crippen LogP contribution in [-0.4, -0.2) is 30.3 Å². The molecule has 0 saturated carbocycles. The molecule has 0 bridgehead atoms. The molecule has 0 atom stereocenters. The van der Waals surface area contributed by atoms with Crippen molar-refractivity contribution in [1.82, 2.24) is 4.90 Å².